The number of hydrogen-bond acceptors (Lipinski definition) is 7. The minimum absolute atomic E-state index is 0.433. The molecule has 1 aliphatic carbocycles. The van der Waals surface area contributed by atoms with Crippen LogP contribution >= 0.6 is 0 Å². The fraction of sp³-hybridized carbons (Fsp3) is 0.632. The summed E-state index contributed by atoms with van der Waals surface area (Å²) in [6.45, 7) is 7.04. The van der Waals surface area contributed by atoms with E-state index in [1.165, 1.54) is 0 Å². The predicted octanol–water partition coefficient (Wildman–Crippen LogP) is 1.63. The Labute approximate surface area is 152 Å². The number of aliphatic hydroxyl groups excluding tert-OH is 1. The molecule has 0 spiro atoms. The highest BCUT2D eigenvalue weighted by Gasteiger charge is 2.64. The van der Waals surface area contributed by atoms with Crippen LogP contribution in [0.5, 0.6) is 0 Å². The third kappa shape index (κ3) is 3.04. The Morgan fingerprint density at radius 3 is 1.85 bits per heavy atom. The highest BCUT2D eigenvalue weighted by Crippen LogP contribution is 2.45. The predicted molar refractivity (Wildman–Crippen MR) is 89.3 cm³/mol. The van der Waals surface area contributed by atoms with Crippen molar-refractivity contribution in [1.82, 2.24) is 0 Å². The van der Waals surface area contributed by atoms with E-state index < -0.39 is 54.2 Å². The van der Waals surface area contributed by atoms with Gasteiger partial charge in [-0.25, -0.2) is 4.79 Å². The van der Waals surface area contributed by atoms with Gasteiger partial charge in [-0.2, -0.15) is 0 Å². The second-order valence-corrected chi connectivity index (χ2v) is 7.86. The lowest BCUT2D eigenvalue weighted by molar-refractivity contribution is -0.183. The Kier molecular flexibility index (Phi) is 4.13. The van der Waals surface area contributed by atoms with E-state index in [1.807, 2.05) is 6.07 Å². The van der Waals surface area contributed by atoms with Crippen molar-refractivity contribution in [2.45, 2.75) is 75.9 Å². The van der Waals surface area contributed by atoms with Crippen LogP contribution in [0.3, 0.4) is 0 Å². The van der Waals surface area contributed by atoms with Gasteiger partial charge in [0.15, 0.2) is 17.7 Å². The Hall–Kier alpha value is -1.51. The van der Waals surface area contributed by atoms with Crippen LogP contribution in [-0.4, -0.2) is 59.3 Å². The Balaban J connectivity index is 1.64. The quantitative estimate of drug-likeness (QED) is 0.799. The Morgan fingerprint density at radius 2 is 1.35 bits per heavy atom. The molecule has 2 aliphatic heterocycles. The summed E-state index contributed by atoms with van der Waals surface area (Å²) in [5.41, 5.74) is 0.433. The van der Waals surface area contributed by atoms with Gasteiger partial charge in [0.2, 0.25) is 0 Å². The van der Waals surface area contributed by atoms with Gasteiger partial charge in [0.25, 0.3) is 0 Å². The van der Waals surface area contributed by atoms with Gasteiger partial charge in [-0.05, 0) is 39.8 Å². The fourth-order valence-corrected chi connectivity index (χ4v) is 3.94. The molecule has 7 nitrogen and oxygen atoms in total. The molecule has 142 valence electrons. The van der Waals surface area contributed by atoms with Gasteiger partial charge in [0, 0.05) is 0 Å². The molecular formula is C19H24O7. The standard InChI is InChI=1S/C19H24O7/c1-18(2)23-12-11(20)13-16(26-19(3,4)24-13)14(15(12)25-18)22-17(21)10-8-6-5-7-9-10/h5-9,11-16,20H,1-4H3/t11?,12-,13-,14?,15-,16-/m1/s1. The smallest absolute Gasteiger partial charge is 0.338 e. The molecule has 3 aliphatic rings. The van der Waals surface area contributed by atoms with Gasteiger partial charge in [-0.15, -0.1) is 0 Å². The third-order valence-electron chi connectivity index (χ3n) is 4.90. The maximum Gasteiger partial charge on any atom is 0.338 e. The van der Waals surface area contributed by atoms with E-state index in [0.29, 0.717) is 5.56 Å². The second kappa shape index (κ2) is 6.00. The van der Waals surface area contributed by atoms with E-state index in [-0.39, 0.29) is 0 Å². The number of hydrogen-bond donors (Lipinski definition) is 1. The lowest BCUT2D eigenvalue weighted by atomic mass is 9.85. The zero-order chi connectivity index (χ0) is 18.7. The molecule has 1 aromatic rings. The monoisotopic (exact) mass is 364 g/mol. The molecule has 7 heteroatoms. The highest BCUT2D eigenvalue weighted by atomic mass is 16.8. The maximum absolute atomic E-state index is 12.6. The summed E-state index contributed by atoms with van der Waals surface area (Å²) in [5, 5.41) is 10.7. The number of rotatable bonds is 2. The van der Waals surface area contributed by atoms with Crippen molar-refractivity contribution in [3.63, 3.8) is 0 Å². The molecule has 1 saturated carbocycles. The highest BCUT2D eigenvalue weighted by molar-refractivity contribution is 5.89. The first-order chi connectivity index (χ1) is 12.2. The molecule has 4 rings (SSSR count). The van der Waals surface area contributed by atoms with Gasteiger partial charge in [-0.1, -0.05) is 18.2 Å². The van der Waals surface area contributed by atoms with Crippen LogP contribution in [0.25, 0.3) is 0 Å². The lowest BCUT2D eigenvalue weighted by Gasteiger charge is -2.40. The normalized spacial score (nSPS) is 39.9. The van der Waals surface area contributed by atoms with Crippen LogP contribution in [0, 0.1) is 0 Å². The fourth-order valence-electron chi connectivity index (χ4n) is 3.94. The summed E-state index contributed by atoms with van der Waals surface area (Å²) in [6.07, 6.45) is -4.34. The number of aliphatic hydroxyl groups is 1. The number of carbonyl (C=O) groups excluding carboxylic acids is 1. The molecule has 0 unspecified atom stereocenters. The van der Waals surface area contributed by atoms with Crippen LogP contribution in [0.2, 0.25) is 0 Å². The zero-order valence-corrected chi connectivity index (χ0v) is 15.2. The molecule has 1 N–H and O–H groups in total. The van der Waals surface area contributed by atoms with E-state index in [2.05, 4.69) is 0 Å². The summed E-state index contributed by atoms with van der Waals surface area (Å²) in [7, 11) is 0. The molecule has 0 radical (unpaired) electrons. The van der Waals surface area contributed by atoms with Gasteiger partial charge in [0.05, 0.1) is 5.56 Å². The number of carbonyl (C=O) groups is 1. The molecule has 0 amide bonds. The molecule has 2 heterocycles. The molecular weight excluding hydrogens is 340 g/mol. The number of esters is 1. The average molecular weight is 364 g/mol. The second-order valence-electron chi connectivity index (χ2n) is 7.86. The van der Waals surface area contributed by atoms with Crippen LogP contribution in [0.1, 0.15) is 38.1 Å². The minimum atomic E-state index is -0.944. The van der Waals surface area contributed by atoms with Crippen molar-refractivity contribution in [3.8, 4) is 0 Å². The number of ether oxygens (including phenoxy) is 5. The molecule has 0 bridgehead atoms. The molecule has 1 aromatic carbocycles. The van der Waals surface area contributed by atoms with Crippen molar-refractivity contribution < 1.29 is 33.6 Å². The van der Waals surface area contributed by atoms with Crippen LogP contribution in [-0.2, 0) is 23.7 Å². The molecule has 3 fully saturated rings. The summed E-state index contributed by atoms with van der Waals surface area (Å²) < 4.78 is 29.4. The van der Waals surface area contributed by atoms with Gasteiger partial charge in [0.1, 0.15) is 30.5 Å². The zero-order valence-electron chi connectivity index (χ0n) is 15.2. The van der Waals surface area contributed by atoms with Gasteiger partial charge >= 0.3 is 5.97 Å². The van der Waals surface area contributed by atoms with Crippen LogP contribution in [0.4, 0.5) is 0 Å². The average Bonchev–Trinajstić information content (AvgIpc) is 3.08. The van der Waals surface area contributed by atoms with Crippen molar-refractivity contribution >= 4 is 5.97 Å². The molecule has 4 atom stereocenters. The number of benzene rings is 1. The molecule has 0 aromatic heterocycles. The van der Waals surface area contributed by atoms with Crippen molar-refractivity contribution in [2.24, 2.45) is 0 Å². The summed E-state index contributed by atoms with van der Waals surface area (Å²) in [5.74, 6) is -2.28. The SMILES string of the molecule is CC1(C)O[C@@H]2C(O)[C@H]3OC(C)(C)O[C@H]3C(OC(=O)c3ccccc3)[C@@H]2O1. The van der Waals surface area contributed by atoms with E-state index in [4.69, 9.17) is 23.7 Å². The third-order valence-corrected chi connectivity index (χ3v) is 4.90. The van der Waals surface area contributed by atoms with Crippen molar-refractivity contribution in [1.29, 1.82) is 0 Å². The van der Waals surface area contributed by atoms with Crippen molar-refractivity contribution in [2.75, 3.05) is 0 Å². The van der Waals surface area contributed by atoms with Crippen LogP contribution < -0.4 is 0 Å². The Bertz CT molecular complexity index is 654. The topological polar surface area (TPSA) is 83.5 Å². The lowest BCUT2D eigenvalue weighted by Crippen LogP contribution is -2.62. The summed E-state index contributed by atoms with van der Waals surface area (Å²) in [4.78, 5) is 12.6. The largest absolute Gasteiger partial charge is 0.453 e. The van der Waals surface area contributed by atoms with Crippen LogP contribution in [0.15, 0.2) is 30.3 Å². The van der Waals surface area contributed by atoms with E-state index in [9.17, 15) is 9.90 Å². The van der Waals surface area contributed by atoms with E-state index >= 15 is 0 Å². The van der Waals surface area contributed by atoms with Crippen molar-refractivity contribution in [3.05, 3.63) is 35.9 Å². The summed E-state index contributed by atoms with van der Waals surface area (Å²) in [6, 6.07) is 8.72. The van der Waals surface area contributed by atoms with Gasteiger partial charge in [-0.3, -0.25) is 0 Å². The first-order valence-corrected chi connectivity index (χ1v) is 8.82. The van der Waals surface area contributed by atoms with E-state index in [0.717, 1.165) is 0 Å². The first kappa shape index (κ1) is 17.9. The van der Waals surface area contributed by atoms with E-state index in [1.54, 1.807) is 52.0 Å². The number of fused-ring (bicyclic) bond motifs is 2. The molecule has 26 heavy (non-hydrogen) atoms. The minimum Gasteiger partial charge on any atom is -0.453 e. The first-order valence-electron chi connectivity index (χ1n) is 8.82. The molecule has 2 saturated heterocycles. The Morgan fingerprint density at radius 1 is 0.885 bits per heavy atom. The summed E-state index contributed by atoms with van der Waals surface area (Å²) >= 11 is 0. The van der Waals surface area contributed by atoms with Gasteiger partial charge < -0.3 is 28.8 Å². The maximum atomic E-state index is 12.6.